The van der Waals surface area contributed by atoms with E-state index in [4.69, 9.17) is 0 Å². The summed E-state index contributed by atoms with van der Waals surface area (Å²) in [5.41, 5.74) is 1.82. The molecule has 2 aliphatic carbocycles. The topological polar surface area (TPSA) is 29.9 Å². The van der Waals surface area contributed by atoms with Gasteiger partial charge in [0.15, 0.2) is 0 Å². The van der Waals surface area contributed by atoms with Crippen molar-refractivity contribution >= 4 is 0 Å². The fraction of sp³-hybridized carbons (Fsp3) is 0.786. The maximum Gasteiger partial charge on any atom is 0.0521 e. The molecule has 3 heteroatoms. The van der Waals surface area contributed by atoms with E-state index in [-0.39, 0.29) is 0 Å². The molecule has 0 bridgehead atoms. The Hall–Kier alpha value is -0.830. The van der Waals surface area contributed by atoms with Gasteiger partial charge in [0, 0.05) is 25.8 Å². The van der Waals surface area contributed by atoms with Gasteiger partial charge in [-0.3, -0.25) is 4.68 Å². The molecule has 1 heterocycles. The minimum Gasteiger partial charge on any atom is -0.313 e. The first-order valence-electron chi connectivity index (χ1n) is 6.87. The Balaban J connectivity index is 1.65. The van der Waals surface area contributed by atoms with Crippen LogP contribution in [0.1, 0.15) is 38.2 Å². The number of hydrogen-bond acceptors (Lipinski definition) is 2. The lowest BCUT2D eigenvalue weighted by atomic mass is 9.79. The molecule has 1 N–H and O–H groups in total. The van der Waals surface area contributed by atoms with E-state index in [2.05, 4.69) is 23.5 Å². The van der Waals surface area contributed by atoms with Crippen molar-refractivity contribution in [1.29, 1.82) is 0 Å². The second kappa shape index (κ2) is 4.13. The minimum absolute atomic E-state index is 0.436. The van der Waals surface area contributed by atoms with Crippen LogP contribution in [0.4, 0.5) is 0 Å². The van der Waals surface area contributed by atoms with E-state index in [0.717, 1.165) is 12.0 Å². The largest absolute Gasteiger partial charge is 0.313 e. The normalized spacial score (nSPS) is 23.6. The van der Waals surface area contributed by atoms with E-state index in [1.807, 2.05) is 17.9 Å². The molecule has 3 nitrogen and oxygen atoms in total. The number of nitrogens with one attached hydrogen (secondary N) is 1. The number of aromatic nitrogens is 2. The van der Waals surface area contributed by atoms with E-state index in [1.54, 1.807) is 0 Å². The highest BCUT2D eigenvalue weighted by molar-refractivity contribution is 5.10. The van der Waals surface area contributed by atoms with E-state index in [9.17, 15) is 0 Å². The molecule has 0 spiro atoms. The molecule has 0 radical (unpaired) electrons. The molecule has 1 aromatic rings. The standard InChI is InChI=1S/C14H23N3/c1-14(12-3-4-12,10-15-13-5-6-13)7-11-8-16-17(2)9-11/h8-9,12-13,15H,3-7,10H2,1-2H3. The molecule has 3 rings (SSSR count). The Labute approximate surface area is 104 Å². The van der Waals surface area contributed by atoms with Crippen molar-refractivity contribution in [3.05, 3.63) is 18.0 Å². The Morgan fingerprint density at radius 2 is 2.18 bits per heavy atom. The van der Waals surface area contributed by atoms with Crippen LogP contribution in [0.25, 0.3) is 0 Å². The van der Waals surface area contributed by atoms with Crippen LogP contribution in [-0.2, 0) is 13.5 Å². The van der Waals surface area contributed by atoms with Crippen molar-refractivity contribution in [1.82, 2.24) is 15.1 Å². The summed E-state index contributed by atoms with van der Waals surface area (Å²) in [4.78, 5) is 0. The van der Waals surface area contributed by atoms with Gasteiger partial charge in [0.05, 0.1) is 6.20 Å². The third-order valence-corrected chi connectivity index (χ3v) is 4.30. The van der Waals surface area contributed by atoms with Gasteiger partial charge in [0.25, 0.3) is 0 Å². The van der Waals surface area contributed by atoms with Crippen LogP contribution in [-0.4, -0.2) is 22.4 Å². The number of rotatable bonds is 6. The zero-order valence-corrected chi connectivity index (χ0v) is 10.9. The molecule has 2 saturated carbocycles. The van der Waals surface area contributed by atoms with Crippen LogP contribution in [0, 0.1) is 11.3 Å². The van der Waals surface area contributed by atoms with Crippen LogP contribution < -0.4 is 5.32 Å². The van der Waals surface area contributed by atoms with Gasteiger partial charge in [-0.15, -0.1) is 0 Å². The van der Waals surface area contributed by atoms with Crippen LogP contribution in [0.2, 0.25) is 0 Å². The molecule has 94 valence electrons. The maximum atomic E-state index is 4.28. The van der Waals surface area contributed by atoms with Gasteiger partial charge in [-0.1, -0.05) is 6.92 Å². The lowest BCUT2D eigenvalue weighted by molar-refractivity contribution is 0.255. The molecule has 1 atom stereocenters. The van der Waals surface area contributed by atoms with Gasteiger partial charge in [0.2, 0.25) is 0 Å². The predicted molar refractivity (Wildman–Crippen MR) is 68.8 cm³/mol. The zero-order chi connectivity index (χ0) is 11.9. The molecule has 2 fully saturated rings. The summed E-state index contributed by atoms with van der Waals surface area (Å²) in [6.07, 6.45) is 11.0. The molecule has 17 heavy (non-hydrogen) atoms. The number of hydrogen-bond donors (Lipinski definition) is 1. The summed E-state index contributed by atoms with van der Waals surface area (Å²) in [5, 5.41) is 8.00. The van der Waals surface area contributed by atoms with Crippen molar-refractivity contribution in [2.75, 3.05) is 6.54 Å². The summed E-state index contributed by atoms with van der Waals surface area (Å²) in [7, 11) is 2.00. The van der Waals surface area contributed by atoms with Gasteiger partial charge in [-0.2, -0.15) is 5.10 Å². The van der Waals surface area contributed by atoms with Gasteiger partial charge in [0.1, 0.15) is 0 Å². The SMILES string of the molecule is Cn1cc(CC(C)(CNC2CC2)C2CC2)cn1. The van der Waals surface area contributed by atoms with Crippen LogP contribution in [0.5, 0.6) is 0 Å². The monoisotopic (exact) mass is 233 g/mol. The minimum atomic E-state index is 0.436. The third-order valence-electron chi connectivity index (χ3n) is 4.30. The van der Waals surface area contributed by atoms with Gasteiger partial charge >= 0.3 is 0 Å². The van der Waals surface area contributed by atoms with E-state index in [1.165, 1.54) is 44.2 Å². The summed E-state index contributed by atoms with van der Waals surface area (Å²) in [5.74, 6) is 0.925. The van der Waals surface area contributed by atoms with Crippen LogP contribution in [0.3, 0.4) is 0 Å². The highest BCUT2D eigenvalue weighted by atomic mass is 15.2. The average Bonchev–Trinajstić information content (AvgIpc) is 3.16. The molecular weight excluding hydrogens is 210 g/mol. The molecule has 2 aliphatic rings. The molecular formula is C14H23N3. The smallest absolute Gasteiger partial charge is 0.0521 e. The highest BCUT2D eigenvalue weighted by Crippen LogP contribution is 2.47. The molecule has 0 aliphatic heterocycles. The Bertz CT molecular complexity index is 390. The molecule has 1 aromatic heterocycles. The molecule has 0 saturated heterocycles. The van der Waals surface area contributed by atoms with Crippen molar-refractivity contribution < 1.29 is 0 Å². The second-order valence-corrected chi connectivity index (χ2v) is 6.28. The van der Waals surface area contributed by atoms with Gasteiger partial charge < -0.3 is 5.32 Å². The van der Waals surface area contributed by atoms with Crippen LogP contribution >= 0.6 is 0 Å². The first-order chi connectivity index (χ1) is 8.16. The van der Waals surface area contributed by atoms with Gasteiger partial charge in [-0.05, 0) is 49.0 Å². The predicted octanol–water partition coefficient (Wildman–Crippen LogP) is 2.13. The fourth-order valence-corrected chi connectivity index (χ4v) is 2.83. The van der Waals surface area contributed by atoms with Crippen molar-refractivity contribution in [3.8, 4) is 0 Å². The zero-order valence-electron chi connectivity index (χ0n) is 10.9. The Morgan fingerprint density at radius 3 is 2.71 bits per heavy atom. The maximum absolute atomic E-state index is 4.28. The summed E-state index contributed by atoms with van der Waals surface area (Å²) < 4.78 is 1.91. The average molecular weight is 233 g/mol. The molecule has 1 unspecified atom stereocenters. The van der Waals surface area contributed by atoms with E-state index < -0.39 is 0 Å². The summed E-state index contributed by atoms with van der Waals surface area (Å²) in [6.45, 7) is 3.63. The second-order valence-electron chi connectivity index (χ2n) is 6.28. The van der Waals surface area contributed by atoms with Crippen molar-refractivity contribution in [2.24, 2.45) is 18.4 Å². The van der Waals surface area contributed by atoms with Crippen LogP contribution in [0.15, 0.2) is 12.4 Å². The van der Waals surface area contributed by atoms with Crippen molar-refractivity contribution in [3.63, 3.8) is 0 Å². The molecule has 0 amide bonds. The number of nitrogens with zero attached hydrogens (tertiary/aromatic N) is 2. The Morgan fingerprint density at radius 1 is 1.41 bits per heavy atom. The van der Waals surface area contributed by atoms with Gasteiger partial charge in [-0.25, -0.2) is 0 Å². The first-order valence-corrected chi connectivity index (χ1v) is 6.87. The number of aryl methyl sites for hydroxylation is 1. The fourth-order valence-electron chi connectivity index (χ4n) is 2.83. The van der Waals surface area contributed by atoms with E-state index >= 15 is 0 Å². The third kappa shape index (κ3) is 2.71. The van der Waals surface area contributed by atoms with Crippen molar-refractivity contribution in [2.45, 2.75) is 45.1 Å². The summed E-state index contributed by atoms with van der Waals surface area (Å²) in [6, 6.07) is 0.821. The molecule has 0 aromatic carbocycles. The lowest BCUT2D eigenvalue weighted by Crippen LogP contribution is -2.36. The highest BCUT2D eigenvalue weighted by Gasteiger charge is 2.42. The summed E-state index contributed by atoms with van der Waals surface area (Å²) >= 11 is 0. The van der Waals surface area contributed by atoms with E-state index in [0.29, 0.717) is 5.41 Å². The Kier molecular flexibility index (Phi) is 2.74. The lowest BCUT2D eigenvalue weighted by Gasteiger charge is -2.30. The quantitative estimate of drug-likeness (QED) is 0.815. The first kappa shape index (κ1) is 11.3.